The molecule has 0 aromatic heterocycles. The molecule has 180 valence electrons. The minimum atomic E-state index is -3.92. The van der Waals surface area contributed by atoms with Crippen LogP contribution in [0.3, 0.4) is 0 Å². The van der Waals surface area contributed by atoms with E-state index in [1.54, 1.807) is 0 Å². The Morgan fingerprint density at radius 2 is 1.64 bits per heavy atom. The first-order chi connectivity index (χ1) is 15.6. The molecule has 0 radical (unpaired) electrons. The number of carbonyl (C=O) groups is 1. The van der Waals surface area contributed by atoms with E-state index in [1.165, 1.54) is 47.8 Å². The number of nitrogens with one attached hydrogen (secondary N) is 1. The number of rotatable bonds is 9. The fourth-order valence-electron chi connectivity index (χ4n) is 3.33. The van der Waals surface area contributed by atoms with Crippen LogP contribution in [0.2, 0.25) is 5.02 Å². The maximum Gasteiger partial charge on any atom is 0.339 e. The first kappa shape index (κ1) is 25.4. The van der Waals surface area contributed by atoms with Crippen LogP contribution >= 0.6 is 11.6 Å². The third-order valence-corrected chi connectivity index (χ3v) is 8.79. The van der Waals surface area contributed by atoms with Gasteiger partial charge in [0.05, 0.1) is 27.5 Å². The number of hydrogen-bond donors (Lipinski definition) is 1. The quantitative estimate of drug-likeness (QED) is 0.402. The molecule has 0 aliphatic carbocycles. The van der Waals surface area contributed by atoms with Gasteiger partial charge >= 0.3 is 5.97 Å². The average molecular weight is 517 g/mol. The normalized spacial score (nSPS) is 15.2. The molecule has 33 heavy (non-hydrogen) atoms. The van der Waals surface area contributed by atoms with E-state index in [4.69, 9.17) is 16.3 Å². The van der Waals surface area contributed by atoms with Crippen molar-refractivity contribution in [2.45, 2.75) is 29.1 Å². The predicted octanol–water partition coefficient (Wildman–Crippen LogP) is 2.66. The van der Waals surface area contributed by atoms with Gasteiger partial charge in [-0.1, -0.05) is 18.0 Å². The summed E-state index contributed by atoms with van der Waals surface area (Å²) in [4.78, 5) is 11.8. The van der Waals surface area contributed by atoms with Gasteiger partial charge in [0.2, 0.25) is 20.0 Å². The maximum absolute atomic E-state index is 12.7. The van der Waals surface area contributed by atoms with E-state index in [0.717, 1.165) is 25.3 Å². The average Bonchev–Trinajstić information content (AvgIpc) is 2.82. The number of nitrogens with zero attached hydrogens (tertiary/aromatic N) is 1. The van der Waals surface area contributed by atoms with Crippen molar-refractivity contribution in [2.75, 3.05) is 33.4 Å². The fraction of sp³-hybridized carbons (Fsp3) is 0.381. The highest BCUT2D eigenvalue weighted by Crippen LogP contribution is 2.23. The number of methoxy groups -OCH3 is 1. The number of carbonyl (C=O) groups excluding carboxylic acids is 1. The molecule has 12 heteroatoms. The van der Waals surface area contributed by atoms with E-state index in [2.05, 4.69) is 9.46 Å². The fourth-order valence-corrected chi connectivity index (χ4v) is 6.08. The van der Waals surface area contributed by atoms with Crippen LogP contribution in [0.25, 0.3) is 0 Å². The van der Waals surface area contributed by atoms with E-state index in [9.17, 15) is 21.6 Å². The number of esters is 1. The minimum absolute atomic E-state index is 0.00883. The van der Waals surface area contributed by atoms with Crippen molar-refractivity contribution >= 4 is 37.6 Å². The van der Waals surface area contributed by atoms with Gasteiger partial charge in [-0.15, -0.1) is 0 Å². The van der Waals surface area contributed by atoms with Crippen molar-refractivity contribution in [3.05, 3.63) is 53.1 Å². The van der Waals surface area contributed by atoms with Crippen LogP contribution in [-0.4, -0.2) is 60.5 Å². The molecule has 0 spiro atoms. The van der Waals surface area contributed by atoms with Crippen molar-refractivity contribution in [3.63, 3.8) is 0 Å². The summed E-state index contributed by atoms with van der Waals surface area (Å²) in [5.74, 6) is -0.336. The SMILES string of the molecule is COC(=O)c1cc(S(=O)(=O)NCCOc2ccc(S(=O)(=O)N3CCCCC3)cc2)ccc1Cl. The zero-order chi connectivity index (χ0) is 24.1. The number of hydrogen-bond acceptors (Lipinski definition) is 7. The van der Waals surface area contributed by atoms with Gasteiger partial charge in [0, 0.05) is 19.6 Å². The predicted molar refractivity (Wildman–Crippen MR) is 123 cm³/mol. The van der Waals surface area contributed by atoms with Crippen molar-refractivity contribution in [1.82, 2.24) is 9.03 Å². The molecule has 2 aromatic rings. The smallest absolute Gasteiger partial charge is 0.339 e. The number of halogens is 1. The molecule has 0 unspecified atom stereocenters. The molecule has 1 heterocycles. The van der Waals surface area contributed by atoms with E-state index in [-0.39, 0.29) is 33.5 Å². The highest BCUT2D eigenvalue weighted by atomic mass is 35.5. The number of sulfonamides is 2. The molecule has 1 aliphatic rings. The second-order valence-electron chi connectivity index (χ2n) is 7.32. The Kier molecular flexibility index (Phi) is 8.35. The molecule has 3 rings (SSSR count). The van der Waals surface area contributed by atoms with Crippen molar-refractivity contribution in [1.29, 1.82) is 0 Å². The standard InChI is InChI=1S/C21H25ClN2O7S2/c1-30-21(25)19-15-18(9-10-20(19)22)32(26,27)23-11-14-31-16-5-7-17(8-6-16)33(28,29)24-12-3-2-4-13-24/h5-10,15,23H,2-4,11-14H2,1H3. The highest BCUT2D eigenvalue weighted by Gasteiger charge is 2.25. The summed E-state index contributed by atoms with van der Waals surface area (Å²) in [7, 11) is -6.27. The van der Waals surface area contributed by atoms with Crippen molar-refractivity contribution in [3.8, 4) is 5.75 Å². The molecule has 0 saturated carbocycles. The number of benzene rings is 2. The van der Waals surface area contributed by atoms with Crippen LogP contribution in [-0.2, 0) is 24.8 Å². The lowest BCUT2D eigenvalue weighted by Crippen LogP contribution is -2.35. The Morgan fingerprint density at radius 3 is 2.27 bits per heavy atom. The Bertz CT molecular complexity index is 1190. The van der Waals surface area contributed by atoms with E-state index in [1.807, 2.05) is 0 Å². The Balaban J connectivity index is 1.56. The lowest BCUT2D eigenvalue weighted by Gasteiger charge is -2.25. The Morgan fingerprint density at radius 1 is 1.00 bits per heavy atom. The van der Waals surface area contributed by atoms with Crippen LogP contribution in [0.15, 0.2) is 52.3 Å². The summed E-state index contributed by atoms with van der Waals surface area (Å²) in [6.07, 6.45) is 2.75. The summed E-state index contributed by atoms with van der Waals surface area (Å²) in [5, 5.41) is 0.0786. The van der Waals surface area contributed by atoms with Crippen LogP contribution in [0.5, 0.6) is 5.75 Å². The lowest BCUT2D eigenvalue weighted by atomic mass is 10.2. The molecular formula is C21H25ClN2O7S2. The first-order valence-corrected chi connectivity index (χ1v) is 13.6. The molecule has 9 nitrogen and oxygen atoms in total. The van der Waals surface area contributed by atoms with Gasteiger partial charge < -0.3 is 9.47 Å². The number of piperidine rings is 1. The van der Waals surface area contributed by atoms with Gasteiger partial charge in [0.25, 0.3) is 0 Å². The molecule has 1 fully saturated rings. The molecule has 1 aliphatic heterocycles. The summed E-state index contributed by atoms with van der Waals surface area (Å²) in [5.41, 5.74) is -0.0575. The second kappa shape index (κ2) is 10.8. The van der Waals surface area contributed by atoms with Crippen LogP contribution in [0.1, 0.15) is 29.6 Å². The Hall–Kier alpha value is -2.18. The van der Waals surface area contributed by atoms with Gasteiger partial charge in [-0.3, -0.25) is 0 Å². The van der Waals surface area contributed by atoms with Crippen molar-refractivity contribution < 1.29 is 31.1 Å². The topological polar surface area (TPSA) is 119 Å². The zero-order valence-corrected chi connectivity index (χ0v) is 20.4. The summed E-state index contributed by atoms with van der Waals surface area (Å²) in [6.45, 7) is 1.01. The van der Waals surface area contributed by atoms with Gasteiger partial charge in [0.1, 0.15) is 12.4 Å². The van der Waals surface area contributed by atoms with Crippen molar-refractivity contribution in [2.24, 2.45) is 0 Å². The lowest BCUT2D eigenvalue weighted by molar-refractivity contribution is 0.0600. The van der Waals surface area contributed by atoms with Crippen LogP contribution in [0.4, 0.5) is 0 Å². The highest BCUT2D eigenvalue weighted by molar-refractivity contribution is 7.89. The molecule has 1 N–H and O–H groups in total. The van der Waals surface area contributed by atoms with E-state index in [0.29, 0.717) is 18.8 Å². The molecule has 0 atom stereocenters. The second-order valence-corrected chi connectivity index (χ2v) is 11.4. The Labute approximate surface area is 198 Å². The first-order valence-electron chi connectivity index (χ1n) is 10.3. The van der Waals surface area contributed by atoms with Gasteiger partial charge in [-0.25, -0.2) is 26.4 Å². The molecular weight excluding hydrogens is 492 g/mol. The molecule has 0 bridgehead atoms. The monoisotopic (exact) mass is 516 g/mol. The molecule has 0 amide bonds. The maximum atomic E-state index is 12.7. The third kappa shape index (κ3) is 6.24. The summed E-state index contributed by atoms with van der Waals surface area (Å²) >= 11 is 5.92. The zero-order valence-electron chi connectivity index (χ0n) is 18.0. The number of ether oxygens (including phenoxy) is 2. The summed E-state index contributed by atoms with van der Waals surface area (Å²) in [6, 6.07) is 9.74. The van der Waals surface area contributed by atoms with Gasteiger partial charge in [0.15, 0.2) is 0 Å². The third-order valence-electron chi connectivity index (χ3n) is 5.09. The molecule has 2 aromatic carbocycles. The summed E-state index contributed by atoms with van der Waals surface area (Å²) < 4.78 is 64.3. The van der Waals surface area contributed by atoms with Gasteiger partial charge in [-0.05, 0) is 55.3 Å². The van der Waals surface area contributed by atoms with E-state index >= 15 is 0 Å². The largest absolute Gasteiger partial charge is 0.492 e. The van der Waals surface area contributed by atoms with Crippen LogP contribution < -0.4 is 9.46 Å². The molecule has 1 saturated heterocycles. The van der Waals surface area contributed by atoms with Crippen LogP contribution in [0, 0.1) is 0 Å². The van der Waals surface area contributed by atoms with Gasteiger partial charge in [-0.2, -0.15) is 4.31 Å². The minimum Gasteiger partial charge on any atom is -0.492 e. The van der Waals surface area contributed by atoms with E-state index < -0.39 is 26.0 Å².